The zero-order valence-electron chi connectivity index (χ0n) is 15.5. The molecule has 0 bridgehead atoms. The summed E-state index contributed by atoms with van der Waals surface area (Å²) >= 11 is 0. The Labute approximate surface area is 168 Å². The van der Waals surface area contributed by atoms with E-state index < -0.39 is 0 Å². The molecule has 0 saturated carbocycles. The summed E-state index contributed by atoms with van der Waals surface area (Å²) in [7, 11) is 1.86. The summed E-state index contributed by atoms with van der Waals surface area (Å²) in [4.78, 5) is 6.91. The molecule has 0 aliphatic carbocycles. The standard InChI is InChI=1S/C18H33N3O3.HI/c1-19-16(20-12-17(14-22)6-10-23-11-7-17)21-8-2-4-18(13-21)5-3-9-24-15-18;/h22H,2-15H2,1H3,(H,19,20);1H. The van der Waals surface area contributed by atoms with Crippen LogP contribution in [0.2, 0.25) is 0 Å². The van der Waals surface area contributed by atoms with Gasteiger partial charge < -0.3 is 24.8 Å². The minimum Gasteiger partial charge on any atom is -0.396 e. The van der Waals surface area contributed by atoms with Crippen molar-refractivity contribution in [1.29, 1.82) is 0 Å². The number of hydrogen-bond donors (Lipinski definition) is 2. The molecular formula is C18H34IN3O3. The van der Waals surface area contributed by atoms with Crippen LogP contribution in [0.4, 0.5) is 0 Å². The van der Waals surface area contributed by atoms with Gasteiger partial charge in [-0.25, -0.2) is 0 Å². The van der Waals surface area contributed by atoms with Crippen LogP contribution in [0.5, 0.6) is 0 Å². The summed E-state index contributed by atoms with van der Waals surface area (Å²) in [6, 6.07) is 0. The van der Waals surface area contributed by atoms with Gasteiger partial charge >= 0.3 is 0 Å². The summed E-state index contributed by atoms with van der Waals surface area (Å²) in [5.41, 5.74) is 0.233. The molecule has 3 saturated heterocycles. The van der Waals surface area contributed by atoms with E-state index in [4.69, 9.17) is 9.47 Å². The minimum absolute atomic E-state index is 0. The molecular weight excluding hydrogens is 433 g/mol. The lowest BCUT2D eigenvalue weighted by atomic mass is 9.76. The van der Waals surface area contributed by atoms with Gasteiger partial charge in [0.25, 0.3) is 0 Å². The molecule has 0 amide bonds. The number of aliphatic imine (C=N–C) groups is 1. The molecule has 7 heteroatoms. The predicted molar refractivity (Wildman–Crippen MR) is 110 cm³/mol. The number of aliphatic hydroxyl groups excluding tert-OH is 1. The zero-order valence-corrected chi connectivity index (χ0v) is 17.8. The number of nitrogens with zero attached hydrogens (tertiary/aromatic N) is 2. The van der Waals surface area contributed by atoms with E-state index in [1.165, 1.54) is 25.7 Å². The minimum atomic E-state index is -0.0738. The summed E-state index contributed by atoms with van der Waals surface area (Å²) in [6.45, 7) is 6.33. The summed E-state index contributed by atoms with van der Waals surface area (Å²) in [5, 5.41) is 13.4. The summed E-state index contributed by atoms with van der Waals surface area (Å²) < 4.78 is 11.2. The SMILES string of the molecule is CN=C(NCC1(CO)CCOCC1)N1CCCC2(CCCOC2)C1.I. The fourth-order valence-corrected chi connectivity index (χ4v) is 4.41. The van der Waals surface area contributed by atoms with Crippen molar-refractivity contribution in [2.24, 2.45) is 15.8 Å². The largest absolute Gasteiger partial charge is 0.396 e. The van der Waals surface area contributed by atoms with E-state index in [0.29, 0.717) is 5.41 Å². The molecule has 0 radical (unpaired) electrons. The van der Waals surface area contributed by atoms with Gasteiger partial charge in [0.2, 0.25) is 0 Å². The second-order valence-electron chi connectivity index (χ2n) is 7.85. The number of likely N-dealkylation sites (tertiary alicyclic amines) is 1. The van der Waals surface area contributed by atoms with Gasteiger partial charge in [-0.3, -0.25) is 4.99 Å². The van der Waals surface area contributed by atoms with Crippen molar-refractivity contribution in [3.05, 3.63) is 0 Å². The van der Waals surface area contributed by atoms with E-state index in [1.807, 2.05) is 7.05 Å². The Hall–Kier alpha value is -0.120. The molecule has 146 valence electrons. The number of halogens is 1. The Balaban J connectivity index is 0.00000225. The van der Waals surface area contributed by atoms with Gasteiger partial charge in [-0.1, -0.05) is 0 Å². The molecule has 0 aromatic carbocycles. The van der Waals surface area contributed by atoms with E-state index in [1.54, 1.807) is 0 Å². The van der Waals surface area contributed by atoms with Gasteiger partial charge in [-0.15, -0.1) is 24.0 Å². The van der Waals surface area contributed by atoms with Crippen LogP contribution in [0.1, 0.15) is 38.5 Å². The number of piperidine rings is 1. The normalized spacial score (nSPS) is 30.0. The number of aliphatic hydroxyl groups is 1. The summed E-state index contributed by atoms with van der Waals surface area (Å²) in [5.74, 6) is 0.971. The first-order chi connectivity index (χ1) is 11.7. The highest BCUT2D eigenvalue weighted by atomic mass is 127. The molecule has 2 N–H and O–H groups in total. The van der Waals surface area contributed by atoms with Gasteiger partial charge in [-0.05, 0) is 38.5 Å². The third-order valence-electron chi connectivity index (χ3n) is 6.09. The first-order valence-corrected chi connectivity index (χ1v) is 9.43. The Morgan fingerprint density at radius 2 is 1.88 bits per heavy atom. The van der Waals surface area contributed by atoms with E-state index >= 15 is 0 Å². The average Bonchev–Trinajstić information content (AvgIpc) is 2.64. The molecule has 1 atom stereocenters. The van der Waals surface area contributed by atoms with Gasteiger partial charge in [0, 0.05) is 57.3 Å². The lowest BCUT2D eigenvalue weighted by Crippen LogP contribution is -2.55. The number of ether oxygens (including phenoxy) is 2. The maximum Gasteiger partial charge on any atom is 0.193 e. The van der Waals surface area contributed by atoms with E-state index in [0.717, 1.165) is 64.9 Å². The topological polar surface area (TPSA) is 66.3 Å². The molecule has 25 heavy (non-hydrogen) atoms. The third kappa shape index (κ3) is 5.20. The molecule has 3 aliphatic heterocycles. The molecule has 1 unspecified atom stereocenters. The van der Waals surface area contributed by atoms with Crippen LogP contribution in [0, 0.1) is 10.8 Å². The smallest absolute Gasteiger partial charge is 0.193 e. The fourth-order valence-electron chi connectivity index (χ4n) is 4.41. The molecule has 3 aliphatic rings. The van der Waals surface area contributed by atoms with Crippen LogP contribution in [-0.2, 0) is 9.47 Å². The Kier molecular flexibility index (Phi) is 8.23. The van der Waals surface area contributed by atoms with Crippen molar-refractivity contribution in [3.63, 3.8) is 0 Å². The predicted octanol–water partition coefficient (Wildman–Crippen LogP) is 1.86. The van der Waals surface area contributed by atoms with Crippen molar-refractivity contribution in [1.82, 2.24) is 10.2 Å². The Morgan fingerprint density at radius 3 is 2.52 bits per heavy atom. The van der Waals surface area contributed by atoms with Gasteiger partial charge in [0.05, 0.1) is 13.2 Å². The second-order valence-corrected chi connectivity index (χ2v) is 7.85. The van der Waals surface area contributed by atoms with Gasteiger partial charge in [-0.2, -0.15) is 0 Å². The van der Waals surface area contributed by atoms with E-state index in [2.05, 4.69) is 15.2 Å². The monoisotopic (exact) mass is 467 g/mol. The van der Waals surface area contributed by atoms with Crippen LogP contribution in [-0.4, -0.2) is 75.7 Å². The highest BCUT2D eigenvalue weighted by Gasteiger charge is 2.39. The van der Waals surface area contributed by atoms with Crippen LogP contribution >= 0.6 is 24.0 Å². The molecule has 0 aromatic heterocycles. The van der Waals surface area contributed by atoms with Crippen LogP contribution in [0.25, 0.3) is 0 Å². The first-order valence-electron chi connectivity index (χ1n) is 9.43. The first kappa shape index (κ1) is 21.2. The molecule has 6 nitrogen and oxygen atoms in total. The number of nitrogens with one attached hydrogen (secondary N) is 1. The molecule has 3 rings (SSSR count). The lowest BCUT2D eigenvalue weighted by molar-refractivity contribution is -0.0377. The highest BCUT2D eigenvalue weighted by molar-refractivity contribution is 14.0. The molecule has 0 aromatic rings. The van der Waals surface area contributed by atoms with Gasteiger partial charge in [0.15, 0.2) is 5.96 Å². The average molecular weight is 467 g/mol. The number of hydrogen-bond acceptors (Lipinski definition) is 4. The van der Waals surface area contributed by atoms with E-state index in [9.17, 15) is 5.11 Å². The Morgan fingerprint density at radius 1 is 1.12 bits per heavy atom. The molecule has 3 heterocycles. The van der Waals surface area contributed by atoms with Crippen LogP contribution in [0.3, 0.4) is 0 Å². The maximum atomic E-state index is 9.87. The van der Waals surface area contributed by atoms with Crippen LogP contribution in [0.15, 0.2) is 4.99 Å². The molecule has 3 fully saturated rings. The molecule has 1 spiro atoms. The van der Waals surface area contributed by atoms with Crippen LogP contribution < -0.4 is 5.32 Å². The fraction of sp³-hybridized carbons (Fsp3) is 0.944. The van der Waals surface area contributed by atoms with Crippen molar-refractivity contribution < 1.29 is 14.6 Å². The highest BCUT2D eigenvalue weighted by Crippen LogP contribution is 2.37. The van der Waals surface area contributed by atoms with E-state index in [-0.39, 0.29) is 36.0 Å². The zero-order chi connectivity index (χ0) is 16.9. The lowest BCUT2D eigenvalue weighted by Gasteiger charge is -2.46. The van der Waals surface area contributed by atoms with Crippen molar-refractivity contribution >= 4 is 29.9 Å². The van der Waals surface area contributed by atoms with Crippen molar-refractivity contribution in [2.45, 2.75) is 38.5 Å². The quantitative estimate of drug-likeness (QED) is 0.377. The number of guanidine groups is 1. The number of rotatable bonds is 3. The Bertz CT molecular complexity index is 430. The summed E-state index contributed by atoms with van der Waals surface area (Å²) in [6.07, 6.45) is 6.71. The third-order valence-corrected chi connectivity index (χ3v) is 6.09. The maximum absolute atomic E-state index is 9.87. The van der Waals surface area contributed by atoms with Gasteiger partial charge in [0.1, 0.15) is 0 Å². The second kappa shape index (κ2) is 9.71. The van der Waals surface area contributed by atoms with Crippen molar-refractivity contribution in [2.75, 3.05) is 59.7 Å². The van der Waals surface area contributed by atoms with Crippen molar-refractivity contribution in [3.8, 4) is 0 Å².